The molecule has 0 fully saturated rings. The first-order valence-electron chi connectivity index (χ1n) is 7.83. The highest BCUT2D eigenvalue weighted by molar-refractivity contribution is 14.1. The quantitative estimate of drug-likeness (QED) is 0.374. The van der Waals surface area contributed by atoms with Gasteiger partial charge in [-0.05, 0) is 46.2 Å². The fraction of sp³-hybridized carbons (Fsp3) is 0.368. The maximum absolute atomic E-state index is 12.9. The first-order valence-corrected chi connectivity index (χ1v) is 8.91. The van der Waals surface area contributed by atoms with E-state index in [0.29, 0.717) is 17.0 Å². The molecule has 0 radical (unpaired) electrons. The lowest BCUT2D eigenvalue weighted by molar-refractivity contribution is 0.0967. The van der Waals surface area contributed by atoms with E-state index in [1.807, 2.05) is 6.07 Å². The molecular weight excluding hydrogens is 433 g/mol. The smallest absolute Gasteiger partial charge is 0.186 e. The normalized spacial score (nSPS) is 11.3. The maximum atomic E-state index is 12.9. The van der Waals surface area contributed by atoms with E-state index in [2.05, 4.69) is 43.4 Å². The van der Waals surface area contributed by atoms with Crippen LogP contribution in [0.3, 0.4) is 0 Å². The number of halogens is 1. The van der Waals surface area contributed by atoms with E-state index in [4.69, 9.17) is 9.47 Å². The van der Waals surface area contributed by atoms with Crippen LogP contribution >= 0.6 is 22.6 Å². The van der Waals surface area contributed by atoms with Crippen LogP contribution in [0.25, 0.3) is 0 Å². The van der Waals surface area contributed by atoms with Gasteiger partial charge in [-0.2, -0.15) is 0 Å². The monoisotopic (exact) mass is 455 g/mol. The number of benzene rings is 1. The van der Waals surface area contributed by atoms with Gasteiger partial charge in [0.1, 0.15) is 11.5 Å². The number of ketones is 1. The van der Waals surface area contributed by atoms with Crippen LogP contribution in [-0.2, 0) is 12.0 Å². The summed E-state index contributed by atoms with van der Waals surface area (Å²) >= 11 is 2.14. The van der Waals surface area contributed by atoms with Gasteiger partial charge < -0.3 is 14.0 Å². The van der Waals surface area contributed by atoms with E-state index in [0.717, 1.165) is 21.2 Å². The molecule has 0 saturated heterocycles. The number of Topliss-reactive ketones (excluding diaryl/α,β-unsaturated/α-hetero) is 1. The lowest BCUT2D eigenvalue weighted by atomic mass is 9.84. The molecule has 0 N–H and O–H groups in total. The highest BCUT2D eigenvalue weighted by atomic mass is 127. The van der Waals surface area contributed by atoms with Crippen molar-refractivity contribution < 1.29 is 19.1 Å². The van der Waals surface area contributed by atoms with Crippen molar-refractivity contribution in [2.24, 2.45) is 0 Å². The van der Waals surface area contributed by atoms with Gasteiger partial charge in [-0.1, -0.05) is 20.8 Å². The van der Waals surface area contributed by atoms with Crippen LogP contribution in [-0.4, -0.2) is 30.9 Å². The highest BCUT2D eigenvalue weighted by Gasteiger charge is 2.28. The van der Waals surface area contributed by atoms with Gasteiger partial charge in [0.05, 0.1) is 35.6 Å². The molecule has 6 heteroatoms. The lowest BCUT2D eigenvalue weighted by Gasteiger charge is -2.25. The van der Waals surface area contributed by atoms with E-state index in [-0.39, 0.29) is 17.7 Å². The Morgan fingerprint density at radius 1 is 1.24 bits per heavy atom. The molecule has 5 nitrogen and oxygen atoms in total. The first-order chi connectivity index (χ1) is 11.7. The molecule has 0 aliphatic carbocycles. The summed E-state index contributed by atoms with van der Waals surface area (Å²) in [5, 5.41) is 0. The van der Waals surface area contributed by atoms with Gasteiger partial charge in [0, 0.05) is 11.8 Å². The molecule has 1 aromatic heterocycles. The average molecular weight is 455 g/mol. The van der Waals surface area contributed by atoms with Gasteiger partial charge in [0.15, 0.2) is 12.1 Å². The largest absolute Gasteiger partial charge is 0.495 e. The number of aromatic nitrogens is 1. The number of ether oxygens (including phenoxy) is 2. The van der Waals surface area contributed by atoms with Gasteiger partial charge in [0.2, 0.25) is 0 Å². The Bertz CT molecular complexity index is 802. The lowest BCUT2D eigenvalue weighted by Crippen LogP contribution is -2.18. The molecule has 0 bridgehead atoms. The second-order valence-corrected chi connectivity index (χ2v) is 7.78. The third-order valence-corrected chi connectivity index (χ3v) is 4.97. The van der Waals surface area contributed by atoms with Crippen molar-refractivity contribution >= 4 is 34.7 Å². The van der Waals surface area contributed by atoms with E-state index >= 15 is 0 Å². The van der Waals surface area contributed by atoms with Crippen molar-refractivity contribution in [3.05, 3.63) is 44.8 Å². The minimum atomic E-state index is -0.200. The number of methoxy groups -OCH3 is 2. The molecular formula is C19H22INO4. The topological polar surface area (TPSA) is 57.5 Å². The standard InChI is InChI=1S/C19H22INO4/c1-19(2,3)14-9-13(17(24-4)16(20)18(14)25-5)15(23)10-21-8-6-7-12(21)11-22/h6-9,11H,10H2,1-5H3. The van der Waals surface area contributed by atoms with Crippen LogP contribution in [0.2, 0.25) is 0 Å². The van der Waals surface area contributed by atoms with Gasteiger partial charge >= 0.3 is 0 Å². The Kier molecular flexibility index (Phi) is 5.92. The summed E-state index contributed by atoms with van der Waals surface area (Å²) in [4.78, 5) is 24.0. The average Bonchev–Trinajstić information content (AvgIpc) is 2.99. The number of rotatable bonds is 6. The molecule has 2 rings (SSSR count). The van der Waals surface area contributed by atoms with E-state index < -0.39 is 0 Å². The molecule has 0 saturated carbocycles. The molecule has 2 aromatic rings. The zero-order chi connectivity index (χ0) is 18.8. The number of hydrogen-bond donors (Lipinski definition) is 0. The second-order valence-electron chi connectivity index (χ2n) is 6.70. The molecule has 0 spiro atoms. The number of hydrogen-bond acceptors (Lipinski definition) is 4. The minimum absolute atomic E-state index is 0.0728. The summed E-state index contributed by atoms with van der Waals surface area (Å²) in [5.41, 5.74) is 1.69. The number of aldehydes is 1. The Labute approximate surface area is 161 Å². The maximum Gasteiger partial charge on any atom is 0.186 e. The molecule has 0 atom stereocenters. The van der Waals surface area contributed by atoms with Gasteiger partial charge in [0.25, 0.3) is 0 Å². The van der Waals surface area contributed by atoms with E-state index in [1.165, 1.54) is 7.11 Å². The Morgan fingerprint density at radius 2 is 1.88 bits per heavy atom. The summed E-state index contributed by atoms with van der Waals surface area (Å²) < 4.78 is 13.5. The fourth-order valence-electron chi connectivity index (χ4n) is 2.70. The predicted molar refractivity (Wildman–Crippen MR) is 105 cm³/mol. The van der Waals surface area contributed by atoms with Crippen LogP contribution in [0.5, 0.6) is 11.5 Å². The number of carbonyl (C=O) groups excluding carboxylic acids is 2. The van der Waals surface area contributed by atoms with Crippen LogP contribution in [0.4, 0.5) is 0 Å². The second kappa shape index (κ2) is 7.59. The first kappa shape index (κ1) is 19.5. The third-order valence-electron chi connectivity index (χ3n) is 3.99. The van der Waals surface area contributed by atoms with Crippen molar-refractivity contribution in [1.82, 2.24) is 4.57 Å². The van der Waals surface area contributed by atoms with E-state index in [1.54, 1.807) is 30.0 Å². The van der Waals surface area contributed by atoms with Gasteiger partial charge in [-0.3, -0.25) is 9.59 Å². The summed E-state index contributed by atoms with van der Waals surface area (Å²) in [6.07, 6.45) is 2.45. The Balaban J connectivity index is 2.57. The summed E-state index contributed by atoms with van der Waals surface area (Å²) in [6.45, 7) is 6.28. The zero-order valence-corrected chi connectivity index (χ0v) is 17.2. The minimum Gasteiger partial charge on any atom is -0.495 e. The molecule has 25 heavy (non-hydrogen) atoms. The molecule has 1 heterocycles. The summed E-state index contributed by atoms with van der Waals surface area (Å²) in [7, 11) is 3.15. The Hall–Kier alpha value is -1.83. The molecule has 0 aliphatic rings. The van der Waals surface area contributed by atoms with Crippen LogP contribution in [0, 0.1) is 3.57 Å². The molecule has 0 amide bonds. The molecule has 0 unspecified atom stereocenters. The van der Waals surface area contributed by atoms with Crippen molar-refractivity contribution in [3.63, 3.8) is 0 Å². The molecule has 134 valence electrons. The fourth-order valence-corrected chi connectivity index (χ4v) is 3.72. The van der Waals surface area contributed by atoms with Crippen molar-refractivity contribution in [3.8, 4) is 11.5 Å². The summed E-state index contributed by atoms with van der Waals surface area (Å²) in [6, 6.07) is 5.26. The number of nitrogens with zero attached hydrogens (tertiary/aromatic N) is 1. The summed E-state index contributed by atoms with van der Waals surface area (Å²) in [5.74, 6) is 1.09. The Morgan fingerprint density at radius 3 is 2.40 bits per heavy atom. The number of carbonyl (C=O) groups is 2. The zero-order valence-electron chi connectivity index (χ0n) is 15.1. The van der Waals surface area contributed by atoms with Crippen LogP contribution in [0.1, 0.15) is 47.2 Å². The van der Waals surface area contributed by atoms with Gasteiger partial charge in [-0.15, -0.1) is 0 Å². The van der Waals surface area contributed by atoms with Crippen molar-refractivity contribution in [2.75, 3.05) is 14.2 Å². The molecule has 0 aliphatic heterocycles. The van der Waals surface area contributed by atoms with Crippen LogP contribution in [0.15, 0.2) is 24.4 Å². The van der Waals surface area contributed by atoms with Crippen molar-refractivity contribution in [1.29, 1.82) is 0 Å². The highest BCUT2D eigenvalue weighted by Crippen LogP contribution is 2.42. The predicted octanol–water partition coefficient (Wildman–Crippen LogP) is 4.10. The van der Waals surface area contributed by atoms with Gasteiger partial charge in [-0.25, -0.2) is 0 Å². The third kappa shape index (κ3) is 3.89. The van der Waals surface area contributed by atoms with Crippen molar-refractivity contribution in [2.45, 2.75) is 32.7 Å². The SMILES string of the molecule is COc1c(C(=O)Cn2cccc2C=O)cc(C(C)(C)C)c(OC)c1I. The van der Waals surface area contributed by atoms with Crippen LogP contribution < -0.4 is 9.47 Å². The van der Waals surface area contributed by atoms with E-state index in [9.17, 15) is 9.59 Å². The molecule has 1 aromatic carbocycles.